The fourth-order valence-electron chi connectivity index (χ4n) is 6.39. The van der Waals surface area contributed by atoms with Gasteiger partial charge in [0.2, 0.25) is 0 Å². The van der Waals surface area contributed by atoms with Crippen molar-refractivity contribution < 1.29 is 19.1 Å². The Kier molecular flexibility index (Phi) is 7.68. The molecule has 0 bridgehead atoms. The molecule has 2 aliphatic carbocycles. The molecular formula is C32H36N4O4. The van der Waals surface area contributed by atoms with Crippen molar-refractivity contribution in [1.29, 1.82) is 0 Å². The van der Waals surface area contributed by atoms with Crippen molar-refractivity contribution in [3.8, 4) is 11.4 Å². The van der Waals surface area contributed by atoms with Crippen molar-refractivity contribution in [3.63, 3.8) is 0 Å². The lowest BCUT2D eigenvalue weighted by Gasteiger charge is -2.30. The van der Waals surface area contributed by atoms with Crippen LogP contribution < -0.4 is 10.6 Å². The van der Waals surface area contributed by atoms with Crippen LogP contribution in [0.5, 0.6) is 0 Å². The molecule has 0 aliphatic heterocycles. The van der Waals surface area contributed by atoms with Gasteiger partial charge in [0.25, 0.3) is 5.91 Å². The van der Waals surface area contributed by atoms with Crippen LogP contribution in [0, 0.1) is 0 Å². The number of nitrogens with zero attached hydrogens (tertiary/aromatic N) is 2. The van der Waals surface area contributed by atoms with Crippen LogP contribution in [0.3, 0.4) is 0 Å². The molecule has 2 fully saturated rings. The number of carboxylic acid groups (broad SMARTS) is 1. The first kappa shape index (κ1) is 26.3. The highest BCUT2D eigenvalue weighted by Gasteiger charge is 2.25. The minimum absolute atomic E-state index is 0.0641. The third-order valence-corrected chi connectivity index (χ3v) is 8.56. The summed E-state index contributed by atoms with van der Waals surface area (Å²) in [6.07, 6.45) is 13.1. The minimum atomic E-state index is -0.902. The topological polar surface area (TPSA) is 109 Å². The van der Waals surface area contributed by atoms with Gasteiger partial charge in [0.1, 0.15) is 12.1 Å². The summed E-state index contributed by atoms with van der Waals surface area (Å²) in [6.45, 7) is 0.526. The lowest BCUT2D eigenvalue weighted by atomic mass is 9.90. The number of carboxylic acids is 1. The number of nitrogens with one attached hydrogen (secondary N) is 2. The maximum absolute atomic E-state index is 13.2. The second-order valence-corrected chi connectivity index (χ2v) is 11.2. The molecule has 6 rings (SSSR count). The Balaban J connectivity index is 1.10. The van der Waals surface area contributed by atoms with Crippen LogP contribution in [0.1, 0.15) is 90.1 Å². The van der Waals surface area contributed by atoms with E-state index in [1.54, 1.807) is 24.7 Å². The number of carbonyl (C=O) groups excluding carboxylic acids is 1. The highest BCUT2D eigenvalue weighted by molar-refractivity contribution is 5.98. The van der Waals surface area contributed by atoms with Gasteiger partial charge in [-0.05, 0) is 74.4 Å². The van der Waals surface area contributed by atoms with E-state index in [1.165, 1.54) is 19.3 Å². The van der Waals surface area contributed by atoms with Gasteiger partial charge in [-0.15, -0.1) is 0 Å². The van der Waals surface area contributed by atoms with Gasteiger partial charge >= 0.3 is 5.97 Å². The van der Waals surface area contributed by atoms with E-state index < -0.39 is 5.97 Å². The lowest BCUT2D eigenvalue weighted by molar-refractivity contribution is 0.0695. The predicted octanol–water partition coefficient (Wildman–Crippen LogP) is 6.33. The molecule has 2 saturated carbocycles. The Morgan fingerprint density at radius 3 is 2.48 bits per heavy atom. The van der Waals surface area contributed by atoms with Crippen LogP contribution in [0.15, 0.2) is 65.5 Å². The molecule has 2 aromatic heterocycles. The van der Waals surface area contributed by atoms with Gasteiger partial charge in [0.15, 0.2) is 0 Å². The van der Waals surface area contributed by atoms with Crippen LogP contribution in [0.25, 0.3) is 22.4 Å². The highest BCUT2D eigenvalue weighted by atomic mass is 16.4. The third-order valence-electron chi connectivity index (χ3n) is 8.56. The molecule has 4 aromatic rings. The molecule has 0 radical (unpaired) electrons. The van der Waals surface area contributed by atoms with Crippen LogP contribution >= 0.6 is 0 Å². The quantitative estimate of drug-likeness (QED) is 0.241. The molecular weight excluding hydrogens is 504 g/mol. The summed E-state index contributed by atoms with van der Waals surface area (Å²) in [7, 11) is 0. The number of benzene rings is 2. The number of aromatic nitrogens is 2. The second kappa shape index (κ2) is 11.7. The number of carbonyl (C=O) groups is 2. The molecule has 208 valence electrons. The Hall–Kier alpha value is -3.91. The monoisotopic (exact) mass is 540 g/mol. The van der Waals surface area contributed by atoms with E-state index in [0.29, 0.717) is 29.8 Å². The number of furan rings is 1. The Morgan fingerprint density at radius 2 is 1.73 bits per heavy atom. The maximum Gasteiger partial charge on any atom is 0.336 e. The minimum Gasteiger partial charge on any atom is -0.478 e. The van der Waals surface area contributed by atoms with E-state index in [4.69, 9.17) is 9.40 Å². The standard InChI is InChI=1S/C32H36N4O4/c37-31(34-25-13-11-24(12-14-25)33-19-22-6-4-5-9-27(22)32(38)39)21-10-15-29-28(18-21)35-30(23-16-17-40-20-23)36(29)26-7-2-1-3-8-26/h4-6,9-10,15-18,20,24-26,33H,1-3,7-8,11-14,19H2,(H,34,37)(H,38,39). The van der Waals surface area contributed by atoms with E-state index in [2.05, 4.69) is 15.2 Å². The lowest BCUT2D eigenvalue weighted by Crippen LogP contribution is -2.42. The Labute approximate surface area is 233 Å². The van der Waals surface area contributed by atoms with E-state index in [9.17, 15) is 14.7 Å². The van der Waals surface area contributed by atoms with Crippen LogP contribution in [-0.4, -0.2) is 38.6 Å². The molecule has 2 heterocycles. The normalized spacial score (nSPS) is 20.0. The fraction of sp³-hybridized carbons (Fsp3) is 0.406. The smallest absolute Gasteiger partial charge is 0.336 e. The number of amides is 1. The van der Waals surface area contributed by atoms with Crippen molar-refractivity contribution in [2.45, 2.75) is 82.5 Å². The molecule has 2 aromatic carbocycles. The first-order chi connectivity index (χ1) is 19.6. The van der Waals surface area contributed by atoms with Crippen LogP contribution in [-0.2, 0) is 6.54 Å². The van der Waals surface area contributed by atoms with Crippen molar-refractivity contribution in [2.24, 2.45) is 0 Å². The largest absolute Gasteiger partial charge is 0.478 e. The van der Waals surface area contributed by atoms with Gasteiger partial charge in [0, 0.05) is 30.2 Å². The maximum atomic E-state index is 13.2. The summed E-state index contributed by atoms with van der Waals surface area (Å²) >= 11 is 0. The summed E-state index contributed by atoms with van der Waals surface area (Å²) in [5.74, 6) is -0.0590. The Morgan fingerprint density at radius 1 is 0.950 bits per heavy atom. The van der Waals surface area contributed by atoms with Crippen molar-refractivity contribution in [1.82, 2.24) is 20.2 Å². The fourth-order valence-corrected chi connectivity index (χ4v) is 6.39. The van der Waals surface area contributed by atoms with Gasteiger partial charge in [-0.2, -0.15) is 0 Å². The summed E-state index contributed by atoms with van der Waals surface area (Å²) < 4.78 is 7.72. The van der Waals surface area contributed by atoms with Gasteiger partial charge < -0.3 is 24.7 Å². The van der Waals surface area contributed by atoms with E-state index in [1.807, 2.05) is 36.4 Å². The van der Waals surface area contributed by atoms with Crippen LogP contribution in [0.2, 0.25) is 0 Å². The van der Waals surface area contributed by atoms with Gasteiger partial charge in [-0.1, -0.05) is 37.5 Å². The van der Waals surface area contributed by atoms with Gasteiger partial charge in [-0.25, -0.2) is 9.78 Å². The summed E-state index contributed by atoms with van der Waals surface area (Å²) in [5.41, 5.74) is 4.63. The zero-order valence-corrected chi connectivity index (χ0v) is 22.6. The van der Waals surface area contributed by atoms with Crippen molar-refractivity contribution in [3.05, 3.63) is 77.7 Å². The molecule has 8 nitrogen and oxygen atoms in total. The molecule has 0 atom stereocenters. The van der Waals surface area contributed by atoms with Crippen LogP contribution in [0.4, 0.5) is 0 Å². The summed E-state index contributed by atoms with van der Waals surface area (Å²) in [4.78, 5) is 29.7. The summed E-state index contributed by atoms with van der Waals surface area (Å²) in [6, 6.07) is 15.8. The van der Waals surface area contributed by atoms with E-state index in [-0.39, 0.29) is 11.9 Å². The molecule has 1 amide bonds. The summed E-state index contributed by atoms with van der Waals surface area (Å²) in [5, 5.41) is 16.2. The highest BCUT2D eigenvalue weighted by Crippen LogP contribution is 2.36. The molecule has 2 aliphatic rings. The predicted molar refractivity (Wildman–Crippen MR) is 153 cm³/mol. The first-order valence-electron chi connectivity index (χ1n) is 14.5. The Bertz CT molecular complexity index is 1480. The van der Waals surface area contributed by atoms with Gasteiger partial charge in [-0.3, -0.25) is 4.79 Å². The zero-order valence-electron chi connectivity index (χ0n) is 22.6. The second-order valence-electron chi connectivity index (χ2n) is 11.2. The first-order valence-corrected chi connectivity index (χ1v) is 14.5. The SMILES string of the molecule is O=C(NC1CCC(NCc2ccccc2C(=O)O)CC1)c1ccc2c(c1)nc(-c1ccoc1)n2C1CCCCC1. The number of fused-ring (bicyclic) bond motifs is 1. The van der Waals surface area contributed by atoms with Crippen molar-refractivity contribution >= 4 is 22.9 Å². The zero-order chi connectivity index (χ0) is 27.5. The molecule has 0 unspecified atom stereocenters. The average molecular weight is 541 g/mol. The molecule has 0 saturated heterocycles. The van der Waals surface area contributed by atoms with E-state index >= 15 is 0 Å². The molecule has 8 heteroatoms. The average Bonchev–Trinajstić information content (AvgIpc) is 3.65. The molecule has 0 spiro atoms. The number of hydrogen-bond donors (Lipinski definition) is 3. The van der Waals surface area contributed by atoms with Crippen molar-refractivity contribution in [2.75, 3.05) is 0 Å². The molecule has 40 heavy (non-hydrogen) atoms. The van der Waals surface area contributed by atoms with Gasteiger partial charge in [0.05, 0.1) is 28.4 Å². The molecule has 3 N–H and O–H groups in total. The third kappa shape index (κ3) is 5.54. The van der Waals surface area contributed by atoms with E-state index in [0.717, 1.165) is 66.5 Å². The number of aromatic carboxylic acids is 1. The number of hydrogen-bond acceptors (Lipinski definition) is 5. The number of imidazole rings is 1. The number of rotatable bonds is 8.